The number of benzene rings is 2. The highest BCUT2D eigenvalue weighted by molar-refractivity contribution is 6.31. The van der Waals surface area contributed by atoms with Crippen molar-refractivity contribution >= 4 is 22.5 Å². The van der Waals surface area contributed by atoms with Gasteiger partial charge in [-0.2, -0.15) is 0 Å². The lowest BCUT2D eigenvalue weighted by atomic mass is 9.94. The molecule has 20 heavy (non-hydrogen) atoms. The van der Waals surface area contributed by atoms with Crippen LogP contribution < -0.4 is 5.73 Å². The van der Waals surface area contributed by atoms with Gasteiger partial charge in [-0.1, -0.05) is 48.0 Å². The van der Waals surface area contributed by atoms with E-state index < -0.39 is 0 Å². The van der Waals surface area contributed by atoms with E-state index in [-0.39, 0.29) is 6.04 Å². The Kier molecular flexibility index (Phi) is 3.43. The standard InChI is InChI=1S/C17H15ClN2/c1-11-13(7-3-9-15(11)18)16(19)14-8-2-5-12-6-4-10-20-17(12)14/h2-10,16H,19H2,1H3. The normalized spacial score (nSPS) is 12.6. The van der Waals surface area contributed by atoms with Crippen LogP contribution in [0.3, 0.4) is 0 Å². The SMILES string of the molecule is Cc1c(Cl)cccc1C(N)c1cccc2cccnc12. The van der Waals surface area contributed by atoms with E-state index in [0.717, 1.165) is 32.6 Å². The monoisotopic (exact) mass is 282 g/mol. The van der Waals surface area contributed by atoms with E-state index in [1.807, 2.05) is 55.5 Å². The quantitative estimate of drug-likeness (QED) is 0.763. The molecule has 2 aromatic carbocycles. The minimum absolute atomic E-state index is 0.229. The number of para-hydroxylation sites is 1. The van der Waals surface area contributed by atoms with Crippen LogP contribution in [0.15, 0.2) is 54.7 Å². The van der Waals surface area contributed by atoms with Crippen LogP contribution in [0.4, 0.5) is 0 Å². The largest absolute Gasteiger partial charge is 0.320 e. The lowest BCUT2D eigenvalue weighted by Crippen LogP contribution is -2.14. The number of nitrogens with two attached hydrogens (primary N) is 1. The number of pyridine rings is 1. The molecule has 0 radical (unpaired) electrons. The average molecular weight is 283 g/mol. The highest BCUT2D eigenvalue weighted by Crippen LogP contribution is 2.30. The zero-order valence-electron chi connectivity index (χ0n) is 11.2. The number of aromatic nitrogens is 1. The summed E-state index contributed by atoms with van der Waals surface area (Å²) in [6.45, 7) is 2.00. The molecule has 3 aromatic rings. The van der Waals surface area contributed by atoms with E-state index in [9.17, 15) is 0 Å². The highest BCUT2D eigenvalue weighted by atomic mass is 35.5. The van der Waals surface area contributed by atoms with Crippen molar-refractivity contribution in [3.05, 3.63) is 76.4 Å². The van der Waals surface area contributed by atoms with Gasteiger partial charge in [-0.3, -0.25) is 4.98 Å². The molecule has 100 valence electrons. The Bertz CT molecular complexity index is 763. The van der Waals surface area contributed by atoms with Crippen molar-refractivity contribution in [2.24, 2.45) is 5.73 Å². The van der Waals surface area contributed by atoms with Crippen LogP contribution in [0, 0.1) is 6.92 Å². The second kappa shape index (κ2) is 5.23. The summed E-state index contributed by atoms with van der Waals surface area (Å²) in [5, 5.41) is 1.84. The van der Waals surface area contributed by atoms with Gasteiger partial charge in [0.25, 0.3) is 0 Å². The van der Waals surface area contributed by atoms with Gasteiger partial charge in [-0.15, -0.1) is 0 Å². The molecule has 0 amide bonds. The average Bonchev–Trinajstić information content (AvgIpc) is 2.49. The summed E-state index contributed by atoms with van der Waals surface area (Å²) in [4.78, 5) is 4.47. The molecule has 1 unspecified atom stereocenters. The van der Waals surface area contributed by atoms with Gasteiger partial charge in [0.05, 0.1) is 11.6 Å². The summed E-state index contributed by atoms with van der Waals surface area (Å²) in [6.07, 6.45) is 1.80. The summed E-state index contributed by atoms with van der Waals surface area (Å²) >= 11 is 6.19. The minimum atomic E-state index is -0.229. The third-order valence-corrected chi connectivity index (χ3v) is 4.05. The number of rotatable bonds is 2. The third kappa shape index (κ3) is 2.17. The number of hydrogen-bond acceptors (Lipinski definition) is 2. The molecule has 0 aliphatic rings. The van der Waals surface area contributed by atoms with Gasteiger partial charge in [-0.25, -0.2) is 0 Å². The van der Waals surface area contributed by atoms with Crippen molar-refractivity contribution in [2.75, 3.05) is 0 Å². The molecule has 0 aliphatic carbocycles. The lowest BCUT2D eigenvalue weighted by Gasteiger charge is -2.17. The van der Waals surface area contributed by atoms with Gasteiger partial charge >= 0.3 is 0 Å². The van der Waals surface area contributed by atoms with Crippen LogP contribution in [-0.2, 0) is 0 Å². The number of halogens is 1. The Morgan fingerprint density at radius 2 is 1.70 bits per heavy atom. The fourth-order valence-corrected chi connectivity index (χ4v) is 2.69. The first-order valence-corrected chi connectivity index (χ1v) is 6.90. The number of nitrogens with zero attached hydrogens (tertiary/aromatic N) is 1. The van der Waals surface area contributed by atoms with Crippen LogP contribution in [0.2, 0.25) is 5.02 Å². The smallest absolute Gasteiger partial charge is 0.0753 e. The third-order valence-electron chi connectivity index (χ3n) is 3.64. The Morgan fingerprint density at radius 1 is 1.00 bits per heavy atom. The van der Waals surface area contributed by atoms with Crippen molar-refractivity contribution in [1.29, 1.82) is 0 Å². The molecular weight excluding hydrogens is 268 g/mol. The molecule has 0 saturated heterocycles. The van der Waals surface area contributed by atoms with Gasteiger partial charge in [0.2, 0.25) is 0 Å². The van der Waals surface area contributed by atoms with Crippen molar-refractivity contribution in [1.82, 2.24) is 4.98 Å². The summed E-state index contributed by atoms with van der Waals surface area (Å²) in [5.74, 6) is 0. The van der Waals surface area contributed by atoms with Crippen LogP contribution in [0.5, 0.6) is 0 Å². The van der Waals surface area contributed by atoms with E-state index in [1.54, 1.807) is 6.20 Å². The molecule has 0 bridgehead atoms. The topological polar surface area (TPSA) is 38.9 Å². The maximum absolute atomic E-state index is 6.45. The molecule has 1 atom stereocenters. The molecule has 3 heteroatoms. The Morgan fingerprint density at radius 3 is 2.55 bits per heavy atom. The second-order valence-corrected chi connectivity index (χ2v) is 5.26. The maximum atomic E-state index is 6.45. The summed E-state index contributed by atoms with van der Waals surface area (Å²) in [6, 6.07) is 15.7. The maximum Gasteiger partial charge on any atom is 0.0753 e. The van der Waals surface area contributed by atoms with Crippen molar-refractivity contribution in [3.8, 4) is 0 Å². The van der Waals surface area contributed by atoms with E-state index in [2.05, 4.69) is 4.98 Å². The number of hydrogen-bond donors (Lipinski definition) is 1. The first-order valence-electron chi connectivity index (χ1n) is 6.52. The molecule has 3 rings (SSSR count). The predicted molar refractivity (Wildman–Crippen MR) is 84.0 cm³/mol. The summed E-state index contributed by atoms with van der Waals surface area (Å²) in [7, 11) is 0. The zero-order valence-corrected chi connectivity index (χ0v) is 11.9. The van der Waals surface area contributed by atoms with Crippen molar-refractivity contribution < 1.29 is 0 Å². The molecule has 2 N–H and O–H groups in total. The minimum Gasteiger partial charge on any atom is -0.320 e. The van der Waals surface area contributed by atoms with E-state index in [1.165, 1.54) is 0 Å². The van der Waals surface area contributed by atoms with Gasteiger partial charge in [0.15, 0.2) is 0 Å². The first-order chi connectivity index (χ1) is 9.68. The van der Waals surface area contributed by atoms with Crippen LogP contribution >= 0.6 is 11.6 Å². The fraction of sp³-hybridized carbons (Fsp3) is 0.118. The molecule has 0 spiro atoms. The van der Waals surface area contributed by atoms with Gasteiger partial charge in [-0.05, 0) is 35.7 Å². The fourth-order valence-electron chi connectivity index (χ4n) is 2.51. The molecule has 0 fully saturated rings. The summed E-state index contributed by atoms with van der Waals surface area (Å²) < 4.78 is 0. The Labute approximate surface area is 123 Å². The summed E-state index contributed by atoms with van der Waals surface area (Å²) in [5.41, 5.74) is 10.5. The Balaban J connectivity index is 2.18. The second-order valence-electron chi connectivity index (χ2n) is 4.85. The van der Waals surface area contributed by atoms with Gasteiger partial charge in [0, 0.05) is 16.6 Å². The molecule has 0 saturated carbocycles. The van der Waals surface area contributed by atoms with Crippen molar-refractivity contribution in [2.45, 2.75) is 13.0 Å². The first kappa shape index (κ1) is 13.1. The molecule has 1 heterocycles. The van der Waals surface area contributed by atoms with E-state index in [4.69, 9.17) is 17.3 Å². The Hall–Kier alpha value is -1.90. The zero-order chi connectivity index (χ0) is 14.1. The van der Waals surface area contributed by atoms with Gasteiger partial charge in [0.1, 0.15) is 0 Å². The molecule has 2 nitrogen and oxygen atoms in total. The van der Waals surface area contributed by atoms with Crippen LogP contribution in [0.1, 0.15) is 22.7 Å². The van der Waals surface area contributed by atoms with Crippen LogP contribution in [0.25, 0.3) is 10.9 Å². The van der Waals surface area contributed by atoms with Crippen LogP contribution in [-0.4, -0.2) is 4.98 Å². The number of fused-ring (bicyclic) bond motifs is 1. The highest BCUT2D eigenvalue weighted by Gasteiger charge is 2.15. The molecule has 0 aliphatic heterocycles. The predicted octanol–water partition coefficient (Wildman–Crippen LogP) is 4.24. The lowest BCUT2D eigenvalue weighted by molar-refractivity contribution is 0.867. The molecular formula is C17H15ClN2. The van der Waals surface area contributed by atoms with Crippen molar-refractivity contribution in [3.63, 3.8) is 0 Å². The van der Waals surface area contributed by atoms with E-state index in [0.29, 0.717) is 0 Å². The van der Waals surface area contributed by atoms with Gasteiger partial charge < -0.3 is 5.73 Å². The molecule has 1 aromatic heterocycles. The van der Waals surface area contributed by atoms with E-state index >= 15 is 0 Å².